The number of rotatable bonds is 0. The van der Waals surface area contributed by atoms with Crippen LogP contribution in [-0.2, 0) is 9.59 Å². The Morgan fingerprint density at radius 2 is 1.83 bits per heavy atom. The molecule has 0 heterocycles. The summed E-state index contributed by atoms with van der Waals surface area (Å²) in [4.78, 5) is 22.4. The molecule has 2 heteroatoms. The number of hydrogen-bond donors (Lipinski definition) is 0. The molecule has 0 N–H and O–H groups in total. The van der Waals surface area contributed by atoms with E-state index in [0.717, 1.165) is 0 Å². The SMILES string of the molecule is CC(C)(C)C1CC(=O)C=CC1=O. The Morgan fingerprint density at radius 3 is 2.25 bits per heavy atom. The zero-order chi connectivity index (χ0) is 9.35. The standard InChI is InChI=1S/C10H14O2/c1-10(2,3)8-6-7(11)4-5-9(8)12/h4-5,8H,6H2,1-3H3. The molecule has 1 aliphatic rings. The van der Waals surface area contributed by atoms with E-state index in [0.29, 0.717) is 6.42 Å². The van der Waals surface area contributed by atoms with E-state index >= 15 is 0 Å². The Kier molecular flexibility index (Phi) is 2.18. The summed E-state index contributed by atoms with van der Waals surface area (Å²) in [5.74, 6) is 0.0200. The monoisotopic (exact) mass is 166 g/mol. The summed E-state index contributed by atoms with van der Waals surface area (Å²) in [7, 11) is 0. The maximum absolute atomic E-state index is 11.3. The third-order valence-corrected chi connectivity index (χ3v) is 2.23. The van der Waals surface area contributed by atoms with Crippen molar-refractivity contribution in [2.45, 2.75) is 27.2 Å². The minimum absolute atomic E-state index is 0.0644. The van der Waals surface area contributed by atoms with Gasteiger partial charge >= 0.3 is 0 Å². The van der Waals surface area contributed by atoms with Crippen molar-refractivity contribution >= 4 is 11.6 Å². The highest BCUT2D eigenvalue weighted by atomic mass is 16.1. The summed E-state index contributed by atoms with van der Waals surface area (Å²) >= 11 is 0. The molecule has 0 fully saturated rings. The van der Waals surface area contributed by atoms with E-state index in [1.54, 1.807) is 0 Å². The number of carbonyl (C=O) groups is 2. The van der Waals surface area contributed by atoms with Crippen LogP contribution >= 0.6 is 0 Å². The van der Waals surface area contributed by atoms with Gasteiger partial charge in [-0.2, -0.15) is 0 Å². The van der Waals surface area contributed by atoms with Crippen molar-refractivity contribution in [3.8, 4) is 0 Å². The fourth-order valence-electron chi connectivity index (χ4n) is 1.39. The quantitative estimate of drug-likeness (QED) is 0.549. The minimum Gasteiger partial charge on any atom is -0.295 e. The second kappa shape index (κ2) is 2.85. The van der Waals surface area contributed by atoms with Crippen LogP contribution in [0.4, 0.5) is 0 Å². The van der Waals surface area contributed by atoms with Crippen molar-refractivity contribution < 1.29 is 9.59 Å². The van der Waals surface area contributed by atoms with E-state index in [9.17, 15) is 9.59 Å². The Balaban J connectivity index is 2.87. The highest BCUT2D eigenvalue weighted by Crippen LogP contribution is 2.31. The van der Waals surface area contributed by atoms with Gasteiger partial charge < -0.3 is 0 Å². The lowest BCUT2D eigenvalue weighted by Crippen LogP contribution is -2.31. The van der Waals surface area contributed by atoms with Crippen molar-refractivity contribution in [1.29, 1.82) is 0 Å². The third-order valence-electron chi connectivity index (χ3n) is 2.23. The molecule has 0 saturated carbocycles. The van der Waals surface area contributed by atoms with Crippen LogP contribution in [-0.4, -0.2) is 11.6 Å². The molecule has 1 atom stereocenters. The largest absolute Gasteiger partial charge is 0.295 e. The third kappa shape index (κ3) is 1.81. The van der Waals surface area contributed by atoms with E-state index in [1.165, 1.54) is 12.2 Å². The highest BCUT2D eigenvalue weighted by Gasteiger charge is 2.33. The van der Waals surface area contributed by atoms with Crippen LogP contribution in [0, 0.1) is 11.3 Å². The van der Waals surface area contributed by atoms with Crippen LogP contribution in [0.5, 0.6) is 0 Å². The van der Waals surface area contributed by atoms with E-state index in [4.69, 9.17) is 0 Å². The summed E-state index contributed by atoms with van der Waals surface area (Å²) in [6.45, 7) is 5.96. The molecule has 66 valence electrons. The number of ketones is 2. The Bertz CT molecular complexity index is 243. The van der Waals surface area contributed by atoms with Crippen LogP contribution in [0.2, 0.25) is 0 Å². The molecule has 0 aromatic carbocycles. The van der Waals surface area contributed by atoms with Gasteiger partial charge in [0.25, 0.3) is 0 Å². The second-order valence-corrected chi connectivity index (χ2v) is 4.32. The molecule has 1 unspecified atom stereocenters. The number of hydrogen-bond acceptors (Lipinski definition) is 2. The van der Waals surface area contributed by atoms with Gasteiger partial charge in [-0.3, -0.25) is 9.59 Å². The molecular formula is C10H14O2. The molecule has 1 rings (SSSR count). The average molecular weight is 166 g/mol. The smallest absolute Gasteiger partial charge is 0.159 e. The molecule has 0 amide bonds. The average Bonchev–Trinajstić information content (AvgIpc) is 1.92. The Labute approximate surface area is 72.7 Å². The Hall–Kier alpha value is -0.920. The van der Waals surface area contributed by atoms with E-state index in [2.05, 4.69) is 0 Å². The maximum atomic E-state index is 11.3. The molecule has 0 saturated heterocycles. The molecule has 0 aliphatic heterocycles. The Morgan fingerprint density at radius 1 is 1.25 bits per heavy atom. The zero-order valence-electron chi connectivity index (χ0n) is 7.76. The van der Waals surface area contributed by atoms with Crippen molar-refractivity contribution in [3.05, 3.63) is 12.2 Å². The fraction of sp³-hybridized carbons (Fsp3) is 0.600. The van der Waals surface area contributed by atoms with E-state index < -0.39 is 0 Å². The highest BCUT2D eigenvalue weighted by molar-refractivity contribution is 6.06. The van der Waals surface area contributed by atoms with Crippen LogP contribution in [0.1, 0.15) is 27.2 Å². The zero-order valence-corrected chi connectivity index (χ0v) is 7.76. The molecule has 1 aliphatic carbocycles. The second-order valence-electron chi connectivity index (χ2n) is 4.32. The van der Waals surface area contributed by atoms with Crippen LogP contribution in [0.3, 0.4) is 0 Å². The summed E-state index contributed by atoms with van der Waals surface area (Å²) in [6, 6.07) is 0. The molecule has 0 spiro atoms. The molecule has 2 nitrogen and oxygen atoms in total. The predicted molar refractivity (Wildman–Crippen MR) is 46.7 cm³/mol. The molecule has 0 radical (unpaired) electrons. The van der Waals surface area contributed by atoms with Gasteiger partial charge in [0.05, 0.1) is 0 Å². The van der Waals surface area contributed by atoms with Gasteiger partial charge in [-0.1, -0.05) is 20.8 Å². The van der Waals surface area contributed by atoms with Gasteiger partial charge in [0.2, 0.25) is 0 Å². The maximum Gasteiger partial charge on any atom is 0.159 e. The predicted octanol–water partition coefficient (Wildman–Crippen LogP) is 1.75. The lowest BCUT2D eigenvalue weighted by atomic mass is 9.73. The summed E-state index contributed by atoms with van der Waals surface area (Å²) in [5.41, 5.74) is -0.0997. The van der Waals surface area contributed by atoms with E-state index in [1.807, 2.05) is 20.8 Å². The van der Waals surface area contributed by atoms with Gasteiger partial charge in [0.1, 0.15) is 0 Å². The molecule has 12 heavy (non-hydrogen) atoms. The van der Waals surface area contributed by atoms with Crippen molar-refractivity contribution in [3.63, 3.8) is 0 Å². The molecular weight excluding hydrogens is 152 g/mol. The van der Waals surface area contributed by atoms with Gasteiger partial charge in [-0.15, -0.1) is 0 Å². The first-order valence-corrected chi connectivity index (χ1v) is 4.16. The minimum atomic E-state index is -0.130. The summed E-state index contributed by atoms with van der Waals surface area (Å²) in [6.07, 6.45) is 3.16. The lowest BCUT2D eigenvalue weighted by Gasteiger charge is -2.29. The van der Waals surface area contributed by atoms with Crippen molar-refractivity contribution in [2.24, 2.45) is 11.3 Å². The van der Waals surface area contributed by atoms with Crippen LogP contribution in [0.15, 0.2) is 12.2 Å². The molecule has 0 bridgehead atoms. The molecule has 0 aromatic rings. The lowest BCUT2D eigenvalue weighted by molar-refractivity contribution is -0.127. The van der Waals surface area contributed by atoms with Crippen molar-refractivity contribution in [2.75, 3.05) is 0 Å². The summed E-state index contributed by atoms with van der Waals surface area (Å²) in [5, 5.41) is 0. The van der Waals surface area contributed by atoms with E-state index in [-0.39, 0.29) is 22.9 Å². The van der Waals surface area contributed by atoms with Gasteiger partial charge in [0.15, 0.2) is 11.6 Å². The van der Waals surface area contributed by atoms with Gasteiger partial charge in [-0.05, 0) is 17.6 Å². The van der Waals surface area contributed by atoms with Crippen LogP contribution < -0.4 is 0 Å². The number of allylic oxidation sites excluding steroid dienone is 2. The topological polar surface area (TPSA) is 34.1 Å². The molecule has 0 aromatic heterocycles. The fourth-order valence-corrected chi connectivity index (χ4v) is 1.39. The van der Waals surface area contributed by atoms with Gasteiger partial charge in [-0.25, -0.2) is 0 Å². The van der Waals surface area contributed by atoms with Crippen molar-refractivity contribution in [1.82, 2.24) is 0 Å². The normalized spacial score (nSPS) is 24.8. The van der Waals surface area contributed by atoms with Crippen LogP contribution in [0.25, 0.3) is 0 Å². The summed E-state index contributed by atoms with van der Waals surface area (Å²) < 4.78 is 0. The first-order chi connectivity index (χ1) is 5.41. The first-order valence-electron chi connectivity index (χ1n) is 4.16. The van der Waals surface area contributed by atoms with Gasteiger partial charge in [0, 0.05) is 12.3 Å². The number of carbonyl (C=O) groups excluding carboxylic acids is 2. The first kappa shape index (κ1) is 9.17.